The molecule has 27 heavy (non-hydrogen) atoms. The summed E-state index contributed by atoms with van der Waals surface area (Å²) in [5.74, 6) is 0.504. The molecule has 5 nitrogen and oxygen atoms in total. The molecule has 148 valence electrons. The van der Waals surface area contributed by atoms with Gasteiger partial charge in [-0.25, -0.2) is 0 Å². The van der Waals surface area contributed by atoms with Crippen LogP contribution in [-0.2, 0) is 11.3 Å². The molecule has 0 aromatic carbocycles. The molecule has 1 aliphatic carbocycles. The van der Waals surface area contributed by atoms with Gasteiger partial charge in [0.05, 0.1) is 5.92 Å². The van der Waals surface area contributed by atoms with Gasteiger partial charge < -0.3 is 5.32 Å². The number of hydrogen-bond donors (Lipinski definition) is 1. The van der Waals surface area contributed by atoms with Crippen LogP contribution in [0.5, 0.6) is 0 Å². The summed E-state index contributed by atoms with van der Waals surface area (Å²) < 4.78 is 0. The minimum absolute atomic E-state index is 0.150. The minimum Gasteiger partial charge on any atom is -0.350 e. The molecule has 3 aliphatic rings. The fourth-order valence-corrected chi connectivity index (χ4v) is 4.83. The second-order valence-corrected chi connectivity index (χ2v) is 8.83. The average molecular weight is 371 g/mol. The number of piperidine rings is 2. The van der Waals surface area contributed by atoms with Crippen LogP contribution in [0, 0.1) is 5.92 Å². The molecule has 1 N–H and O–H groups in total. The highest BCUT2D eigenvalue weighted by Crippen LogP contribution is 2.39. The van der Waals surface area contributed by atoms with Gasteiger partial charge in [-0.05, 0) is 76.2 Å². The van der Waals surface area contributed by atoms with Crippen LogP contribution in [0.25, 0.3) is 0 Å². The van der Waals surface area contributed by atoms with Gasteiger partial charge in [-0.3, -0.25) is 19.6 Å². The Balaban J connectivity index is 1.25. The molecule has 1 aromatic heterocycles. The molecule has 4 rings (SSSR count). The first-order valence-corrected chi connectivity index (χ1v) is 10.8. The predicted octanol–water partition coefficient (Wildman–Crippen LogP) is 2.82. The third kappa shape index (κ3) is 4.69. The molecule has 2 aliphatic heterocycles. The summed E-state index contributed by atoms with van der Waals surface area (Å²) in [6.07, 6.45) is 11.9. The summed E-state index contributed by atoms with van der Waals surface area (Å²) in [4.78, 5) is 22.1. The lowest BCUT2D eigenvalue weighted by atomic mass is 9.92. The number of carbonyl (C=O) groups excluding carboxylic acids is 1. The van der Waals surface area contributed by atoms with E-state index < -0.39 is 0 Å². The number of carbonyl (C=O) groups is 1. The van der Waals surface area contributed by atoms with Crippen LogP contribution < -0.4 is 5.32 Å². The number of aromatic nitrogens is 1. The van der Waals surface area contributed by atoms with Crippen molar-refractivity contribution in [3.05, 3.63) is 30.1 Å². The van der Waals surface area contributed by atoms with E-state index in [2.05, 4.69) is 33.1 Å². The van der Waals surface area contributed by atoms with Gasteiger partial charge in [0.2, 0.25) is 5.91 Å². The fraction of sp³-hybridized carbons (Fsp3) is 0.727. The highest BCUT2D eigenvalue weighted by Gasteiger charge is 2.43. The van der Waals surface area contributed by atoms with Crippen molar-refractivity contribution in [1.29, 1.82) is 0 Å². The van der Waals surface area contributed by atoms with E-state index in [9.17, 15) is 4.79 Å². The van der Waals surface area contributed by atoms with Gasteiger partial charge in [0.15, 0.2) is 0 Å². The summed E-state index contributed by atoms with van der Waals surface area (Å²) in [7, 11) is 0. The summed E-state index contributed by atoms with van der Waals surface area (Å²) in [5.41, 5.74) is 1.45. The molecule has 1 aromatic rings. The van der Waals surface area contributed by atoms with Crippen LogP contribution in [0.2, 0.25) is 0 Å². The number of hydrogen-bond acceptors (Lipinski definition) is 4. The van der Waals surface area contributed by atoms with E-state index in [1.807, 2.05) is 18.5 Å². The number of rotatable bonds is 6. The van der Waals surface area contributed by atoms with Gasteiger partial charge in [0.25, 0.3) is 0 Å². The first-order chi connectivity index (χ1) is 13.2. The van der Waals surface area contributed by atoms with E-state index in [0.29, 0.717) is 11.9 Å². The summed E-state index contributed by atoms with van der Waals surface area (Å²) in [6, 6.07) is 4.83. The zero-order valence-corrected chi connectivity index (χ0v) is 16.7. The summed E-state index contributed by atoms with van der Waals surface area (Å²) >= 11 is 0. The van der Waals surface area contributed by atoms with Crippen molar-refractivity contribution >= 4 is 5.91 Å². The van der Waals surface area contributed by atoms with Crippen molar-refractivity contribution in [2.45, 2.75) is 70.0 Å². The Labute approximate surface area is 163 Å². The second-order valence-electron chi connectivity index (χ2n) is 8.83. The quantitative estimate of drug-likeness (QED) is 0.837. The maximum atomic E-state index is 12.7. The number of nitrogens with zero attached hydrogens (tertiary/aromatic N) is 3. The van der Waals surface area contributed by atoms with Crippen LogP contribution >= 0.6 is 0 Å². The Kier molecular flexibility index (Phi) is 5.79. The first kappa shape index (κ1) is 18.9. The highest BCUT2D eigenvalue weighted by molar-refractivity contribution is 5.80. The molecule has 3 heterocycles. The zero-order chi connectivity index (χ0) is 18.7. The lowest BCUT2D eigenvalue weighted by molar-refractivity contribution is -0.128. The van der Waals surface area contributed by atoms with Crippen molar-refractivity contribution < 1.29 is 4.79 Å². The van der Waals surface area contributed by atoms with Gasteiger partial charge >= 0.3 is 0 Å². The van der Waals surface area contributed by atoms with E-state index in [1.54, 1.807) is 0 Å². The van der Waals surface area contributed by atoms with Gasteiger partial charge in [-0.15, -0.1) is 0 Å². The van der Waals surface area contributed by atoms with E-state index >= 15 is 0 Å². The zero-order valence-electron chi connectivity index (χ0n) is 16.7. The van der Waals surface area contributed by atoms with Crippen LogP contribution in [0.15, 0.2) is 24.5 Å². The molecule has 2 saturated heterocycles. The monoisotopic (exact) mass is 370 g/mol. The molecule has 1 amide bonds. The molecule has 1 saturated carbocycles. The van der Waals surface area contributed by atoms with E-state index in [-0.39, 0.29) is 11.5 Å². The van der Waals surface area contributed by atoms with E-state index in [1.165, 1.54) is 31.2 Å². The molecule has 5 heteroatoms. The topological polar surface area (TPSA) is 48.5 Å². The van der Waals surface area contributed by atoms with Crippen LogP contribution in [0.1, 0.15) is 57.4 Å². The van der Waals surface area contributed by atoms with Crippen LogP contribution in [0.3, 0.4) is 0 Å². The van der Waals surface area contributed by atoms with Gasteiger partial charge in [0.1, 0.15) is 0 Å². The number of pyridine rings is 1. The molecule has 1 atom stereocenters. The van der Waals surface area contributed by atoms with Gasteiger partial charge in [0, 0.05) is 37.1 Å². The Morgan fingerprint density at radius 1 is 1.26 bits per heavy atom. The SMILES string of the molecule is CCC1(NC(=O)[C@@H]2CCCN(C3CCN(Cc4cccnc4)CC3)C2)CC1. The number of nitrogens with one attached hydrogen (secondary N) is 1. The number of likely N-dealkylation sites (tertiary alicyclic amines) is 2. The van der Waals surface area contributed by atoms with Crippen molar-refractivity contribution in [2.24, 2.45) is 5.92 Å². The van der Waals surface area contributed by atoms with Crippen LogP contribution in [-0.4, -0.2) is 58.5 Å². The first-order valence-electron chi connectivity index (χ1n) is 10.8. The third-order valence-electron chi connectivity index (χ3n) is 6.94. The standard InChI is InChI=1S/C22H34N4O/c1-2-22(9-10-22)24-21(27)19-6-4-12-26(17-19)20-7-13-25(14-8-20)16-18-5-3-11-23-15-18/h3,5,11,15,19-20H,2,4,6-10,12-14,16-17H2,1H3,(H,24,27)/t19-/m1/s1. The Morgan fingerprint density at radius 3 is 2.74 bits per heavy atom. The Morgan fingerprint density at radius 2 is 2.07 bits per heavy atom. The smallest absolute Gasteiger partial charge is 0.224 e. The molecule has 0 unspecified atom stereocenters. The predicted molar refractivity (Wildman–Crippen MR) is 107 cm³/mol. The van der Waals surface area contributed by atoms with E-state index in [4.69, 9.17) is 0 Å². The third-order valence-corrected chi connectivity index (χ3v) is 6.94. The van der Waals surface area contributed by atoms with Crippen molar-refractivity contribution in [3.8, 4) is 0 Å². The molecule has 0 radical (unpaired) electrons. The molecular formula is C22H34N4O. The fourth-order valence-electron chi connectivity index (χ4n) is 4.83. The Hall–Kier alpha value is -1.46. The summed E-state index contributed by atoms with van der Waals surface area (Å²) in [6.45, 7) is 7.61. The van der Waals surface area contributed by atoms with Crippen LogP contribution in [0.4, 0.5) is 0 Å². The molecular weight excluding hydrogens is 336 g/mol. The van der Waals surface area contributed by atoms with Crippen molar-refractivity contribution in [3.63, 3.8) is 0 Å². The van der Waals surface area contributed by atoms with Gasteiger partial charge in [-0.1, -0.05) is 13.0 Å². The van der Waals surface area contributed by atoms with Crippen molar-refractivity contribution in [2.75, 3.05) is 26.2 Å². The number of amides is 1. The van der Waals surface area contributed by atoms with Gasteiger partial charge in [-0.2, -0.15) is 0 Å². The van der Waals surface area contributed by atoms with E-state index in [0.717, 1.165) is 52.0 Å². The lowest BCUT2D eigenvalue weighted by Gasteiger charge is -2.42. The largest absolute Gasteiger partial charge is 0.350 e. The highest BCUT2D eigenvalue weighted by atomic mass is 16.2. The Bertz CT molecular complexity index is 622. The maximum absolute atomic E-state index is 12.7. The molecule has 0 bridgehead atoms. The van der Waals surface area contributed by atoms with Crippen molar-refractivity contribution in [1.82, 2.24) is 20.1 Å². The minimum atomic E-state index is 0.150. The average Bonchev–Trinajstić information content (AvgIpc) is 3.49. The second kappa shape index (κ2) is 8.27. The normalized spacial score (nSPS) is 26.6. The molecule has 0 spiro atoms. The lowest BCUT2D eigenvalue weighted by Crippen LogP contribution is -2.51. The summed E-state index contributed by atoms with van der Waals surface area (Å²) in [5, 5.41) is 3.36. The maximum Gasteiger partial charge on any atom is 0.224 e. The molecule has 3 fully saturated rings.